The molecule has 1 aromatic rings. The Labute approximate surface area is 105 Å². The number of pyridine rings is 1. The summed E-state index contributed by atoms with van der Waals surface area (Å²) in [6.45, 7) is 6.46. The summed E-state index contributed by atoms with van der Waals surface area (Å²) in [5.41, 5.74) is 7.90. The molecule has 1 heterocycles. The number of rotatable bonds is 7. The summed E-state index contributed by atoms with van der Waals surface area (Å²) < 4.78 is 0. The number of nitrogens with two attached hydrogens (primary N) is 1. The first-order valence-electron chi connectivity index (χ1n) is 6.66. The van der Waals surface area contributed by atoms with Crippen LogP contribution in [0.3, 0.4) is 0 Å². The van der Waals surface area contributed by atoms with Crippen LogP contribution in [0, 0.1) is 6.92 Å². The van der Waals surface area contributed by atoms with Crippen molar-refractivity contribution in [3.63, 3.8) is 0 Å². The second kappa shape index (κ2) is 7.15. The standard InChI is InChI=1S/C14H25N3/c1-4-6-8-12(7-5-2)17-14-13(15)11(3)9-10-16-14/h9-10,12H,4-8,15H2,1-3H3,(H,16,17). The Morgan fingerprint density at radius 3 is 2.71 bits per heavy atom. The smallest absolute Gasteiger partial charge is 0.149 e. The number of nitrogen functional groups attached to an aromatic ring is 1. The lowest BCUT2D eigenvalue weighted by atomic mass is 10.0. The number of anilines is 2. The molecule has 96 valence electrons. The molecule has 1 aromatic heterocycles. The van der Waals surface area contributed by atoms with Crippen LogP contribution < -0.4 is 11.1 Å². The third kappa shape index (κ3) is 4.25. The molecule has 17 heavy (non-hydrogen) atoms. The predicted octanol–water partition coefficient (Wildman–Crippen LogP) is 3.74. The van der Waals surface area contributed by atoms with Crippen LogP contribution in [0.5, 0.6) is 0 Å². The zero-order valence-corrected chi connectivity index (χ0v) is 11.3. The molecule has 3 heteroatoms. The Hall–Kier alpha value is -1.25. The highest BCUT2D eigenvalue weighted by Gasteiger charge is 2.10. The lowest BCUT2D eigenvalue weighted by molar-refractivity contribution is 0.563. The number of unbranched alkanes of at least 4 members (excludes halogenated alkanes) is 1. The molecule has 0 fully saturated rings. The topological polar surface area (TPSA) is 50.9 Å². The molecule has 0 saturated heterocycles. The van der Waals surface area contributed by atoms with Crippen LogP contribution in [0.2, 0.25) is 0 Å². The van der Waals surface area contributed by atoms with Gasteiger partial charge in [0.05, 0.1) is 5.69 Å². The molecule has 0 saturated carbocycles. The van der Waals surface area contributed by atoms with Crippen molar-refractivity contribution < 1.29 is 0 Å². The molecule has 0 bridgehead atoms. The maximum absolute atomic E-state index is 6.03. The van der Waals surface area contributed by atoms with Crippen LogP contribution >= 0.6 is 0 Å². The van der Waals surface area contributed by atoms with E-state index in [0.717, 1.165) is 17.1 Å². The normalized spacial score (nSPS) is 12.4. The first-order chi connectivity index (χ1) is 8.19. The van der Waals surface area contributed by atoms with E-state index in [4.69, 9.17) is 5.73 Å². The summed E-state index contributed by atoms with van der Waals surface area (Å²) in [7, 11) is 0. The summed E-state index contributed by atoms with van der Waals surface area (Å²) in [4.78, 5) is 4.33. The molecule has 3 N–H and O–H groups in total. The van der Waals surface area contributed by atoms with Crippen molar-refractivity contribution in [1.29, 1.82) is 0 Å². The van der Waals surface area contributed by atoms with E-state index in [2.05, 4.69) is 24.1 Å². The fraction of sp³-hybridized carbons (Fsp3) is 0.643. The van der Waals surface area contributed by atoms with E-state index in [1.165, 1.54) is 32.1 Å². The maximum Gasteiger partial charge on any atom is 0.149 e. The Bertz CT molecular complexity index is 336. The van der Waals surface area contributed by atoms with Crippen molar-refractivity contribution in [3.05, 3.63) is 17.8 Å². The predicted molar refractivity (Wildman–Crippen MR) is 75.2 cm³/mol. The summed E-state index contributed by atoms with van der Waals surface area (Å²) in [5, 5.41) is 3.49. The highest BCUT2D eigenvalue weighted by atomic mass is 15.0. The summed E-state index contributed by atoms with van der Waals surface area (Å²) in [6, 6.07) is 2.44. The minimum atomic E-state index is 0.497. The van der Waals surface area contributed by atoms with Crippen molar-refractivity contribution >= 4 is 11.5 Å². The van der Waals surface area contributed by atoms with Gasteiger partial charge in [-0.05, 0) is 31.4 Å². The van der Waals surface area contributed by atoms with Crippen molar-refractivity contribution in [3.8, 4) is 0 Å². The van der Waals surface area contributed by atoms with Gasteiger partial charge < -0.3 is 11.1 Å². The highest BCUT2D eigenvalue weighted by Crippen LogP contribution is 2.21. The monoisotopic (exact) mass is 235 g/mol. The molecular formula is C14H25N3. The van der Waals surface area contributed by atoms with E-state index in [-0.39, 0.29) is 0 Å². The average molecular weight is 235 g/mol. The molecule has 1 unspecified atom stereocenters. The highest BCUT2D eigenvalue weighted by molar-refractivity contribution is 5.65. The van der Waals surface area contributed by atoms with Gasteiger partial charge in [0.2, 0.25) is 0 Å². The van der Waals surface area contributed by atoms with Crippen molar-refractivity contribution in [2.75, 3.05) is 11.1 Å². The van der Waals surface area contributed by atoms with Gasteiger partial charge in [0, 0.05) is 12.2 Å². The third-order valence-corrected chi connectivity index (χ3v) is 3.09. The minimum Gasteiger partial charge on any atom is -0.396 e. The zero-order chi connectivity index (χ0) is 12.7. The van der Waals surface area contributed by atoms with E-state index in [1.54, 1.807) is 0 Å². The third-order valence-electron chi connectivity index (χ3n) is 3.09. The van der Waals surface area contributed by atoms with Crippen LogP contribution in [-0.2, 0) is 0 Å². The van der Waals surface area contributed by atoms with Crippen molar-refractivity contribution in [2.45, 2.75) is 58.9 Å². The van der Waals surface area contributed by atoms with Crippen molar-refractivity contribution in [2.24, 2.45) is 0 Å². The fourth-order valence-electron chi connectivity index (χ4n) is 1.97. The van der Waals surface area contributed by atoms with Crippen LogP contribution in [-0.4, -0.2) is 11.0 Å². The first-order valence-corrected chi connectivity index (χ1v) is 6.66. The van der Waals surface area contributed by atoms with Crippen LogP contribution in [0.4, 0.5) is 11.5 Å². The molecule has 1 rings (SSSR count). The number of hydrogen-bond donors (Lipinski definition) is 2. The van der Waals surface area contributed by atoms with Gasteiger partial charge in [0.1, 0.15) is 5.82 Å². The van der Waals surface area contributed by atoms with Crippen LogP contribution in [0.25, 0.3) is 0 Å². The number of nitrogens with one attached hydrogen (secondary N) is 1. The molecule has 0 amide bonds. The minimum absolute atomic E-state index is 0.497. The van der Waals surface area contributed by atoms with E-state index in [1.807, 2.05) is 19.2 Å². The lowest BCUT2D eigenvalue weighted by Crippen LogP contribution is -2.21. The van der Waals surface area contributed by atoms with Gasteiger partial charge in [-0.15, -0.1) is 0 Å². The SMILES string of the molecule is CCCCC(CCC)Nc1nccc(C)c1N. The molecule has 1 atom stereocenters. The second-order valence-electron chi connectivity index (χ2n) is 4.66. The van der Waals surface area contributed by atoms with Gasteiger partial charge >= 0.3 is 0 Å². The quantitative estimate of drug-likeness (QED) is 0.757. The van der Waals surface area contributed by atoms with Gasteiger partial charge in [0.25, 0.3) is 0 Å². The molecule has 0 aliphatic heterocycles. The molecule has 3 nitrogen and oxygen atoms in total. The van der Waals surface area contributed by atoms with Gasteiger partial charge in [-0.25, -0.2) is 4.98 Å². The maximum atomic E-state index is 6.03. The van der Waals surface area contributed by atoms with Gasteiger partial charge in [-0.3, -0.25) is 0 Å². The molecule has 0 spiro atoms. The number of aryl methyl sites for hydroxylation is 1. The average Bonchev–Trinajstić information content (AvgIpc) is 2.32. The number of nitrogens with zero attached hydrogens (tertiary/aromatic N) is 1. The first kappa shape index (κ1) is 13.8. The molecule has 0 aromatic carbocycles. The van der Waals surface area contributed by atoms with Crippen molar-refractivity contribution in [1.82, 2.24) is 4.98 Å². The Morgan fingerprint density at radius 1 is 1.29 bits per heavy atom. The van der Waals surface area contributed by atoms with E-state index in [9.17, 15) is 0 Å². The number of hydrogen-bond acceptors (Lipinski definition) is 3. The largest absolute Gasteiger partial charge is 0.396 e. The summed E-state index contributed by atoms with van der Waals surface area (Å²) in [5.74, 6) is 0.847. The number of aromatic nitrogens is 1. The summed E-state index contributed by atoms with van der Waals surface area (Å²) in [6.07, 6.45) is 7.86. The van der Waals surface area contributed by atoms with Gasteiger partial charge in [-0.1, -0.05) is 33.1 Å². The molecule has 0 aliphatic rings. The van der Waals surface area contributed by atoms with Crippen LogP contribution in [0.15, 0.2) is 12.3 Å². The lowest BCUT2D eigenvalue weighted by Gasteiger charge is -2.20. The zero-order valence-electron chi connectivity index (χ0n) is 11.3. The van der Waals surface area contributed by atoms with E-state index in [0.29, 0.717) is 6.04 Å². The van der Waals surface area contributed by atoms with Gasteiger partial charge in [-0.2, -0.15) is 0 Å². The Morgan fingerprint density at radius 2 is 2.06 bits per heavy atom. The second-order valence-corrected chi connectivity index (χ2v) is 4.66. The van der Waals surface area contributed by atoms with Crippen LogP contribution in [0.1, 0.15) is 51.5 Å². The molecule has 0 aliphatic carbocycles. The molecular weight excluding hydrogens is 210 g/mol. The fourth-order valence-corrected chi connectivity index (χ4v) is 1.97. The van der Waals surface area contributed by atoms with Gasteiger partial charge in [0.15, 0.2) is 0 Å². The molecule has 0 radical (unpaired) electrons. The summed E-state index contributed by atoms with van der Waals surface area (Å²) >= 11 is 0. The van der Waals surface area contributed by atoms with E-state index < -0.39 is 0 Å². The van der Waals surface area contributed by atoms with E-state index >= 15 is 0 Å². The Balaban J connectivity index is 2.67. The Kier molecular flexibility index (Phi) is 5.81.